The molecular formula is C10H18F2. The minimum atomic E-state index is -2.10. The summed E-state index contributed by atoms with van der Waals surface area (Å²) < 4.78 is 25.3. The summed E-state index contributed by atoms with van der Waals surface area (Å²) in [5.74, 6) is 0.575. The van der Waals surface area contributed by atoms with Gasteiger partial charge >= 0.3 is 0 Å². The first-order valence-electron chi connectivity index (χ1n) is 4.92. The van der Waals surface area contributed by atoms with Gasteiger partial charge in [-0.2, -0.15) is 0 Å². The van der Waals surface area contributed by atoms with E-state index in [1.54, 1.807) is 0 Å². The van der Waals surface area contributed by atoms with E-state index < -0.39 is 11.8 Å². The maximum atomic E-state index is 12.6. The zero-order valence-electron chi connectivity index (χ0n) is 7.95. The average Bonchev–Trinajstić information content (AvgIpc) is 1.95. The van der Waals surface area contributed by atoms with Crippen LogP contribution < -0.4 is 0 Å². The van der Waals surface area contributed by atoms with E-state index >= 15 is 0 Å². The number of hydrogen-bond acceptors (Lipinski definition) is 0. The first-order valence-corrected chi connectivity index (χ1v) is 4.92. The number of rotatable bonds is 4. The van der Waals surface area contributed by atoms with Crippen molar-refractivity contribution in [1.82, 2.24) is 0 Å². The van der Waals surface area contributed by atoms with Gasteiger partial charge in [0.1, 0.15) is 0 Å². The van der Waals surface area contributed by atoms with Gasteiger partial charge in [-0.15, -0.1) is 0 Å². The zero-order chi connectivity index (χ0) is 9.19. The van der Waals surface area contributed by atoms with Crippen LogP contribution in [0.3, 0.4) is 0 Å². The van der Waals surface area contributed by atoms with Gasteiger partial charge in [-0.3, -0.25) is 0 Å². The fourth-order valence-corrected chi connectivity index (χ4v) is 2.37. The van der Waals surface area contributed by atoms with Crippen molar-refractivity contribution in [2.24, 2.45) is 11.3 Å². The van der Waals surface area contributed by atoms with E-state index in [0.29, 0.717) is 12.3 Å². The third-order valence-electron chi connectivity index (χ3n) is 3.18. The van der Waals surface area contributed by atoms with Gasteiger partial charge in [0.2, 0.25) is 6.43 Å². The Hall–Kier alpha value is -0.140. The van der Waals surface area contributed by atoms with E-state index in [0.717, 1.165) is 25.7 Å². The van der Waals surface area contributed by atoms with Crippen LogP contribution in [0.25, 0.3) is 0 Å². The van der Waals surface area contributed by atoms with Crippen LogP contribution in [-0.4, -0.2) is 6.43 Å². The van der Waals surface area contributed by atoms with Crippen molar-refractivity contribution in [2.45, 2.75) is 52.4 Å². The van der Waals surface area contributed by atoms with Crippen molar-refractivity contribution in [3.63, 3.8) is 0 Å². The van der Waals surface area contributed by atoms with Gasteiger partial charge in [0.25, 0.3) is 0 Å². The first-order chi connectivity index (χ1) is 5.64. The van der Waals surface area contributed by atoms with E-state index in [1.807, 2.05) is 6.92 Å². The highest BCUT2D eigenvalue weighted by Gasteiger charge is 2.49. The monoisotopic (exact) mass is 176 g/mol. The Labute approximate surface area is 73.3 Å². The minimum Gasteiger partial charge on any atom is -0.210 e. The van der Waals surface area contributed by atoms with Crippen molar-refractivity contribution in [2.75, 3.05) is 0 Å². The molecule has 1 fully saturated rings. The summed E-state index contributed by atoms with van der Waals surface area (Å²) in [5, 5.41) is 0. The molecule has 0 saturated heterocycles. The topological polar surface area (TPSA) is 0 Å². The van der Waals surface area contributed by atoms with Crippen LogP contribution in [0, 0.1) is 11.3 Å². The standard InChI is InChI=1S/C10H18F2/c1-3-5-10(9(11)12)6-8(4-2)7-10/h8-9H,3-7H2,1-2H3. The zero-order valence-corrected chi connectivity index (χ0v) is 7.95. The molecule has 2 heteroatoms. The van der Waals surface area contributed by atoms with Crippen LogP contribution >= 0.6 is 0 Å². The third-order valence-corrected chi connectivity index (χ3v) is 3.18. The molecule has 0 bridgehead atoms. The Balaban J connectivity index is 2.44. The molecule has 0 spiro atoms. The minimum absolute atomic E-state index is 0.575. The second-order valence-corrected chi connectivity index (χ2v) is 4.10. The molecule has 0 N–H and O–H groups in total. The number of alkyl halides is 2. The molecule has 0 unspecified atom stereocenters. The summed E-state index contributed by atoms with van der Waals surface area (Å²) >= 11 is 0. The summed E-state index contributed by atoms with van der Waals surface area (Å²) in [5.41, 5.74) is -0.588. The second kappa shape index (κ2) is 3.71. The summed E-state index contributed by atoms with van der Waals surface area (Å²) in [7, 11) is 0. The quantitative estimate of drug-likeness (QED) is 0.610. The first kappa shape index (κ1) is 9.94. The normalized spacial score (nSPS) is 35.2. The van der Waals surface area contributed by atoms with E-state index in [2.05, 4.69) is 6.92 Å². The maximum Gasteiger partial charge on any atom is 0.244 e. The molecule has 0 aromatic carbocycles. The molecule has 0 nitrogen and oxygen atoms in total. The molecule has 0 atom stereocenters. The Morgan fingerprint density at radius 3 is 2.25 bits per heavy atom. The van der Waals surface area contributed by atoms with Crippen LogP contribution in [0.1, 0.15) is 46.0 Å². The van der Waals surface area contributed by atoms with Gasteiger partial charge in [0.15, 0.2) is 0 Å². The molecule has 1 aliphatic rings. The van der Waals surface area contributed by atoms with Gasteiger partial charge in [0.05, 0.1) is 0 Å². The average molecular weight is 176 g/mol. The Kier molecular flexibility index (Phi) is 3.08. The predicted molar refractivity (Wildman–Crippen MR) is 46.4 cm³/mol. The van der Waals surface area contributed by atoms with Crippen LogP contribution in [0.15, 0.2) is 0 Å². The highest BCUT2D eigenvalue weighted by atomic mass is 19.3. The van der Waals surface area contributed by atoms with Gasteiger partial charge in [0, 0.05) is 5.41 Å². The van der Waals surface area contributed by atoms with E-state index in [1.165, 1.54) is 0 Å². The summed E-state index contributed by atoms with van der Waals surface area (Å²) in [4.78, 5) is 0. The highest BCUT2D eigenvalue weighted by Crippen LogP contribution is 2.53. The van der Waals surface area contributed by atoms with E-state index in [-0.39, 0.29) is 0 Å². The van der Waals surface area contributed by atoms with E-state index in [4.69, 9.17) is 0 Å². The lowest BCUT2D eigenvalue weighted by molar-refractivity contribution is -0.0987. The molecule has 0 aromatic rings. The van der Waals surface area contributed by atoms with Gasteiger partial charge in [-0.05, 0) is 25.2 Å². The summed E-state index contributed by atoms with van der Waals surface area (Å²) in [6, 6.07) is 0. The molecule has 1 aliphatic carbocycles. The Morgan fingerprint density at radius 2 is 1.92 bits per heavy atom. The van der Waals surface area contributed by atoms with Crippen molar-refractivity contribution in [1.29, 1.82) is 0 Å². The van der Waals surface area contributed by atoms with E-state index in [9.17, 15) is 8.78 Å². The largest absolute Gasteiger partial charge is 0.244 e. The molecular weight excluding hydrogens is 158 g/mol. The highest BCUT2D eigenvalue weighted by molar-refractivity contribution is 4.94. The SMILES string of the molecule is CCCC1(C(F)F)CC(CC)C1. The second-order valence-electron chi connectivity index (χ2n) is 4.10. The lowest BCUT2D eigenvalue weighted by Gasteiger charge is -2.47. The molecule has 0 aromatic heterocycles. The molecule has 0 aliphatic heterocycles. The number of halogens is 2. The fourth-order valence-electron chi connectivity index (χ4n) is 2.37. The number of hydrogen-bond donors (Lipinski definition) is 0. The fraction of sp³-hybridized carbons (Fsp3) is 1.00. The Bertz CT molecular complexity index is 137. The van der Waals surface area contributed by atoms with Gasteiger partial charge in [-0.1, -0.05) is 26.7 Å². The molecule has 0 radical (unpaired) electrons. The van der Waals surface area contributed by atoms with Gasteiger partial charge < -0.3 is 0 Å². The van der Waals surface area contributed by atoms with Gasteiger partial charge in [-0.25, -0.2) is 8.78 Å². The third kappa shape index (κ3) is 1.62. The lowest BCUT2D eigenvalue weighted by atomic mass is 9.59. The molecule has 1 rings (SSSR count). The summed E-state index contributed by atoms with van der Waals surface area (Å²) in [6.45, 7) is 4.08. The van der Waals surface area contributed by atoms with Crippen LogP contribution in [0.4, 0.5) is 8.78 Å². The molecule has 72 valence electrons. The molecule has 0 amide bonds. The van der Waals surface area contributed by atoms with Crippen molar-refractivity contribution < 1.29 is 8.78 Å². The van der Waals surface area contributed by atoms with Crippen LogP contribution in [0.5, 0.6) is 0 Å². The Morgan fingerprint density at radius 1 is 1.33 bits per heavy atom. The van der Waals surface area contributed by atoms with Crippen molar-refractivity contribution in [3.8, 4) is 0 Å². The van der Waals surface area contributed by atoms with Crippen molar-refractivity contribution >= 4 is 0 Å². The lowest BCUT2D eigenvalue weighted by Crippen LogP contribution is -2.42. The predicted octanol–water partition coefficient (Wildman–Crippen LogP) is 3.86. The van der Waals surface area contributed by atoms with Crippen molar-refractivity contribution in [3.05, 3.63) is 0 Å². The molecule has 12 heavy (non-hydrogen) atoms. The van der Waals surface area contributed by atoms with Crippen LogP contribution in [0.2, 0.25) is 0 Å². The summed E-state index contributed by atoms with van der Waals surface area (Å²) in [6.07, 6.45) is 2.09. The maximum absolute atomic E-state index is 12.6. The molecule has 0 heterocycles. The smallest absolute Gasteiger partial charge is 0.210 e. The van der Waals surface area contributed by atoms with Crippen LogP contribution in [-0.2, 0) is 0 Å². The molecule has 1 saturated carbocycles.